The highest BCUT2D eigenvalue weighted by molar-refractivity contribution is 6.30. The lowest BCUT2D eigenvalue weighted by Gasteiger charge is -2.08. The van der Waals surface area contributed by atoms with Crippen LogP contribution in [-0.4, -0.2) is 13.0 Å². The van der Waals surface area contributed by atoms with Gasteiger partial charge in [-0.15, -0.1) is 0 Å². The minimum atomic E-state index is -0.341. The lowest BCUT2D eigenvalue weighted by molar-refractivity contribution is 0.0963. The molecule has 0 heterocycles. The van der Waals surface area contributed by atoms with Crippen molar-refractivity contribution in [2.75, 3.05) is 12.4 Å². The van der Waals surface area contributed by atoms with Gasteiger partial charge in [-0.1, -0.05) is 17.7 Å². The molecule has 0 bridgehead atoms. The van der Waals surface area contributed by atoms with Crippen LogP contribution in [0.4, 0.5) is 10.1 Å². The molecule has 0 aliphatic rings. The molecule has 0 radical (unpaired) electrons. The average Bonchev–Trinajstić information content (AvgIpc) is 2.46. The molecule has 0 atom stereocenters. The van der Waals surface area contributed by atoms with E-state index in [1.807, 2.05) is 0 Å². The summed E-state index contributed by atoms with van der Waals surface area (Å²) in [4.78, 5) is 11.4. The lowest BCUT2D eigenvalue weighted by Crippen LogP contribution is -2.17. The maximum atomic E-state index is 13.6. The summed E-state index contributed by atoms with van der Waals surface area (Å²) in [6, 6.07) is 11.5. The third-order valence-corrected chi connectivity index (χ3v) is 3.11. The first-order valence-electron chi connectivity index (χ1n) is 6.10. The van der Waals surface area contributed by atoms with Crippen LogP contribution in [-0.2, 0) is 6.54 Å². The van der Waals surface area contributed by atoms with Gasteiger partial charge >= 0.3 is 0 Å². The molecule has 0 aliphatic heterocycles. The predicted octanol–water partition coefficient (Wildman–Crippen LogP) is 3.45. The fourth-order valence-electron chi connectivity index (χ4n) is 1.75. The average molecular weight is 293 g/mol. The summed E-state index contributed by atoms with van der Waals surface area (Å²) in [6.45, 7) is 0.350. The quantitative estimate of drug-likeness (QED) is 0.906. The number of rotatable bonds is 4. The zero-order chi connectivity index (χ0) is 14.5. The summed E-state index contributed by atoms with van der Waals surface area (Å²) in [5, 5.41) is 6.02. The van der Waals surface area contributed by atoms with E-state index in [0.29, 0.717) is 22.7 Å². The van der Waals surface area contributed by atoms with Gasteiger partial charge in [0.25, 0.3) is 5.91 Å². The number of benzene rings is 2. The molecular weight excluding hydrogens is 279 g/mol. The van der Waals surface area contributed by atoms with Gasteiger partial charge in [0.2, 0.25) is 0 Å². The largest absolute Gasteiger partial charge is 0.381 e. The van der Waals surface area contributed by atoms with E-state index in [1.165, 1.54) is 6.07 Å². The number of halogens is 2. The highest BCUT2D eigenvalue weighted by Gasteiger charge is 2.04. The van der Waals surface area contributed by atoms with Crippen LogP contribution in [0.25, 0.3) is 0 Å². The van der Waals surface area contributed by atoms with Crippen LogP contribution in [0.2, 0.25) is 5.02 Å². The Morgan fingerprint density at radius 1 is 1.20 bits per heavy atom. The first-order chi connectivity index (χ1) is 9.60. The van der Waals surface area contributed by atoms with Crippen molar-refractivity contribution >= 4 is 23.2 Å². The maximum Gasteiger partial charge on any atom is 0.251 e. The highest BCUT2D eigenvalue weighted by atomic mass is 35.5. The summed E-state index contributed by atoms with van der Waals surface area (Å²) in [7, 11) is 1.58. The van der Waals surface area contributed by atoms with Crippen molar-refractivity contribution in [3.05, 3.63) is 64.4 Å². The summed E-state index contributed by atoms with van der Waals surface area (Å²) in [5.41, 5.74) is 1.92. The summed E-state index contributed by atoms with van der Waals surface area (Å²) in [6.07, 6.45) is 0. The van der Waals surface area contributed by atoms with Crippen LogP contribution >= 0.6 is 11.6 Å². The SMILES string of the molecule is CNC(=O)c1ccc(NCc2ccc(Cl)cc2F)cc1. The van der Waals surface area contributed by atoms with Crippen LogP contribution in [0.5, 0.6) is 0 Å². The van der Waals surface area contributed by atoms with Gasteiger partial charge in [-0.2, -0.15) is 0 Å². The van der Waals surface area contributed by atoms with Crippen molar-refractivity contribution in [2.24, 2.45) is 0 Å². The molecule has 5 heteroatoms. The highest BCUT2D eigenvalue weighted by Crippen LogP contribution is 2.16. The van der Waals surface area contributed by atoms with Crippen LogP contribution < -0.4 is 10.6 Å². The number of hydrogen-bond donors (Lipinski definition) is 2. The first kappa shape index (κ1) is 14.3. The van der Waals surface area contributed by atoms with Crippen LogP contribution in [0.3, 0.4) is 0 Å². The van der Waals surface area contributed by atoms with Crippen molar-refractivity contribution < 1.29 is 9.18 Å². The number of carbonyl (C=O) groups excluding carboxylic acids is 1. The van der Waals surface area contributed by atoms with Crippen LogP contribution in [0, 0.1) is 5.82 Å². The fraction of sp³-hybridized carbons (Fsp3) is 0.133. The Bertz CT molecular complexity index is 614. The van der Waals surface area contributed by atoms with E-state index < -0.39 is 0 Å². The van der Waals surface area contributed by atoms with Crippen LogP contribution in [0.1, 0.15) is 15.9 Å². The summed E-state index contributed by atoms with van der Waals surface area (Å²) < 4.78 is 13.6. The van der Waals surface area contributed by atoms with E-state index in [-0.39, 0.29) is 11.7 Å². The number of hydrogen-bond acceptors (Lipinski definition) is 2. The third-order valence-electron chi connectivity index (χ3n) is 2.87. The molecule has 0 saturated carbocycles. The smallest absolute Gasteiger partial charge is 0.251 e. The van der Waals surface area contributed by atoms with E-state index in [2.05, 4.69) is 10.6 Å². The van der Waals surface area contributed by atoms with E-state index >= 15 is 0 Å². The molecule has 1 amide bonds. The molecule has 0 aliphatic carbocycles. The third kappa shape index (κ3) is 3.48. The van der Waals surface area contributed by atoms with Gasteiger partial charge in [0.05, 0.1) is 0 Å². The monoisotopic (exact) mass is 292 g/mol. The predicted molar refractivity (Wildman–Crippen MR) is 78.6 cm³/mol. The Hall–Kier alpha value is -2.07. The summed E-state index contributed by atoms with van der Waals surface area (Å²) >= 11 is 5.70. The van der Waals surface area contributed by atoms with Crippen LogP contribution in [0.15, 0.2) is 42.5 Å². The minimum absolute atomic E-state index is 0.139. The standard InChI is InChI=1S/C15H14ClFN2O/c1-18-15(20)10-3-6-13(7-4-10)19-9-11-2-5-12(16)8-14(11)17/h2-8,19H,9H2,1H3,(H,18,20). The second-order valence-corrected chi connectivity index (χ2v) is 4.68. The minimum Gasteiger partial charge on any atom is -0.381 e. The second-order valence-electron chi connectivity index (χ2n) is 4.25. The molecule has 0 unspecified atom stereocenters. The molecule has 0 saturated heterocycles. The Morgan fingerprint density at radius 3 is 2.50 bits per heavy atom. The normalized spacial score (nSPS) is 10.2. The Morgan fingerprint density at radius 2 is 1.90 bits per heavy atom. The number of carbonyl (C=O) groups is 1. The van der Waals surface area contributed by atoms with Gasteiger partial charge in [0.15, 0.2) is 0 Å². The number of amides is 1. The Labute approximate surface area is 121 Å². The van der Waals surface area contributed by atoms with Gasteiger partial charge in [0, 0.05) is 35.4 Å². The first-order valence-corrected chi connectivity index (χ1v) is 6.48. The summed E-state index contributed by atoms with van der Waals surface area (Å²) in [5.74, 6) is -0.479. The Kier molecular flexibility index (Phi) is 4.58. The fourth-order valence-corrected chi connectivity index (χ4v) is 1.90. The molecule has 2 aromatic rings. The molecule has 2 rings (SSSR count). The molecule has 104 valence electrons. The van der Waals surface area contributed by atoms with E-state index in [4.69, 9.17) is 11.6 Å². The van der Waals surface area contributed by atoms with E-state index in [9.17, 15) is 9.18 Å². The van der Waals surface area contributed by atoms with Crippen molar-refractivity contribution in [3.63, 3.8) is 0 Å². The molecule has 2 aromatic carbocycles. The maximum absolute atomic E-state index is 13.6. The van der Waals surface area contributed by atoms with E-state index in [0.717, 1.165) is 5.69 Å². The van der Waals surface area contributed by atoms with Gasteiger partial charge in [-0.3, -0.25) is 4.79 Å². The molecule has 0 fully saturated rings. The van der Waals surface area contributed by atoms with Gasteiger partial charge in [0.1, 0.15) is 5.82 Å². The lowest BCUT2D eigenvalue weighted by atomic mass is 10.1. The topological polar surface area (TPSA) is 41.1 Å². The van der Waals surface area contributed by atoms with Crippen molar-refractivity contribution in [2.45, 2.75) is 6.54 Å². The van der Waals surface area contributed by atoms with Gasteiger partial charge < -0.3 is 10.6 Å². The molecule has 0 aromatic heterocycles. The van der Waals surface area contributed by atoms with Gasteiger partial charge in [-0.25, -0.2) is 4.39 Å². The molecule has 2 N–H and O–H groups in total. The second kappa shape index (κ2) is 6.39. The molecule has 3 nitrogen and oxygen atoms in total. The van der Waals surface area contributed by atoms with Gasteiger partial charge in [-0.05, 0) is 36.4 Å². The zero-order valence-corrected chi connectivity index (χ0v) is 11.7. The molecule has 0 spiro atoms. The van der Waals surface area contributed by atoms with Crippen molar-refractivity contribution in [3.8, 4) is 0 Å². The van der Waals surface area contributed by atoms with Crippen molar-refractivity contribution in [1.82, 2.24) is 5.32 Å². The number of anilines is 1. The number of nitrogens with one attached hydrogen (secondary N) is 2. The van der Waals surface area contributed by atoms with E-state index in [1.54, 1.807) is 43.4 Å². The Balaban J connectivity index is 2.02. The molecular formula is C15H14ClFN2O. The van der Waals surface area contributed by atoms with Crippen molar-refractivity contribution in [1.29, 1.82) is 0 Å². The molecule has 20 heavy (non-hydrogen) atoms. The zero-order valence-electron chi connectivity index (χ0n) is 10.9.